The van der Waals surface area contributed by atoms with Crippen LogP contribution in [0.5, 0.6) is 0 Å². The lowest BCUT2D eigenvalue weighted by atomic mass is 9.80. The molecule has 1 unspecified atom stereocenters. The largest absolute Gasteiger partial charge is 0.475 e. The minimum atomic E-state index is -3.74. The predicted octanol–water partition coefficient (Wildman–Crippen LogP) is 2.03. The van der Waals surface area contributed by atoms with Crippen molar-refractivity contribution >= 4 is 16.0 Å². The van der Waals surface area contributed by atoms with Gasteiger partial charge in [0.1, 0.15) is 0 Å². The second-order valence-electron chi connectivity index (χ2n) is 6.14. The number of nitrogens with zero attached hydrogens (tertiary/aromatic N) is 1. The van der Waals surface area contributed by atoms with Crippen LogP contribution >= 0.6 is 0 Å². The van der Waals surface area contributed by atoms with Gasteiger partial charge in [-0.1, -0.05) is 20.8 Å². The maximum Gasteiger partial charge on any atom is 0.371 e. The number of carboxylic acids is 1. The molecule has 1 aromatic rings. The quantitative estimate of drug-likeness (QED) is 0.923. The van der Waals surface area contributed by atoms with Crippen LogP contribution < -0.4 is 0 Å². The van der Waals surface area contributed by atoms with Gasteiger partial charge in [0.2, 0.25) is 10.9 Å². The summed E-state index contributed by atoms with van der Waals surface area (Å²) in [5, 5.41) is 8.47. The first-order chi connectivity index (χ1) is 9.12. The van der Waals surface area contributed by atoms with Crippen molar-refractivity contribution in [1.29, 1.82) is 0 Å². The Labute approximate surface area is 118 Å². The van der Waals surface area contributed by atoms with E-state index < -0.39 is 16.0 Å². The number of rotatable bonds is 3. The molecule has 2 rings (SSSR count). The van der Waals surface area contributed by atoms with Crippen molar-refractivity contribution in [3.63, 3.8) is 0 Å². The van der Waals surface area contributed by atoms with Crippen molar-refractivity contribution in [2.45, 2.75) is 32.3 Å². The summed E-state index contributed by atoms with van der Waals surface area (Å²) in [4.78, 5) is 10.7. The number of furan rings is 1. The van der Waals surface area contributed by atoms with E-state index in [0.29, 0.717) is 13.1 Å². The van der Waals surface area contributed by atoms with Gasteiger partial charge in [-0.15, -0.1) is 0 Å². The summed E-state index contributed by atoms with van der Waals surface area (Å²) >= 11 is 0. The van der Waals surface area contributed by atoms with Gasteiger partial charge in [-0.3, -0.25) is 0 Å². The third-order valence-corrected chi connectivity index (χ3v) is 5.50. The summed E-state index contributed by atoms with van der Waals surface area (Å²) in [6.45, 7) is 7.14. The van der Waals surface area contributed by atoms with E-state index in [-0.39, 0.29) is 22.2 Å². The molecule has 20 heavy (non-hydrogen) atoms. The predicted molar refractivity (Wildman–Crippen MR) is 72.0 cm³/mol. The van der Waals surface area contributed by atoms with E-state index in [1.165, 1.54) is 10.4 Å². The fraction of sp³-hybridized carbons (Fsp3) is 0.615. The first-order valence-electron chi connectivity index (χ1n) is 6.45. The molecule has 1 N–H and O–H groups in total. The van der Waals surface area contributed by atoms with Crippen molar-refractivity contribution in [2.24, 2.45) is 11.3 Å². The van der Waals surface area contributed by atoms with Gasteiger partial charge in [-0.05, 0) is 29.9 Å². The Bertz CT molecular complexity index is 611. The van der Waals surface area contributed by atoms with E-state index in [9.17, 15) is 13.2 Å². The second-order valence-corrected chi connectivity index (χ2v) is 8.01. The standard InChI is InChI=1S/C13H19NO5S/c1-13(2,3)9-6-7-14(8-9)20(17,18)11-5-4-10(19-11)12(15)16/h4-5,9H,6-8H2,1-3H3,(H,15,16). The first kappa shape index (κ1) is 15.1. The number of carbonyl (C=O) groups is 1. The van der Waals surface area contributed by atoms with Crippen LogP contribution in [-0.2, 0) is 10.0 Å². The number of aromatic carboxylic acids is 1. The zero-order chi connectivity index (χ0) is 15.1. The lowest BCUT2D eigenvalue weighted by molar-refractivity contribution is 0.0656. The van der Waals surface area contributed by atoms with Crippen LogP contribution in [0.15, 0.2) is 21.6 Å². The topological polar surface area (TPSA) is 87.8 Å². The number of sulfonamides is 1. The molecule has 1 aliphatic heterocycles. The highest BCUT2D eigenvalue weighted by atomic mass is 32.2. The van der Waals surface area contributed by atoms with Gasteiger partial charge < -0.3 is 9.52 Å². The normalized spacial score (nSPS) is 21.2. The Balaban J connectivity index is 2.21. The summed E-state index contributed by atoms with van der Waals surface area (Å²) in [5.74, 6) is -1.36. The SMILES string of the molecule is CC(C)(C)C1CCN(S(=O)(=O)c2ccc(C(=O)O)o2)C1. The molecule has 1 atom stereocenters. The molecule has 0 aromatic carbocycles. The highest BCUT2D eigenvalue weighted by Gasteiger charge is 2.39. The number of hydrogen-bond acceptors (Lipinski definition) is 4. The lowest BCUT2D eigenvalue weighted by Gasteiger charge is -2.26. The Morgan fingerprint density at radius 1 is 1.40 bits per heavy atom. The molecular formula is C13H19NO5S. The number of carboxylic acid groups (broad SMARTS) is 1. The molecule has 0 spiro atoms. The molecule has 0 bridgehead atoms. The van der Waals surface area contributed by atoms with E-state index >= 15 is 0 Å². The van der Waals surface area contributed by atoms with Crippen molar-refractivity contribution in [2.75, 3.05) is 13.1 Å². The van der Waals surface area contributed by atoms with Crippen molar-refractivity contribution < 1.29 is 22.7 Å². The molecule has 7 heteroatoms. The Kier molecular flexibility index (Phi) is 3.68. The smallest absolute Gasteiger partial charge is 0.371 e. The van der Waals surface area contributed by atoms with Gasteiger partial charge in [0, 0.05) is 13.1 Å². The fourth-order valence-corrected chi connectivity index (χ4v) is 3.77. The molecular weight excluding hydrogens is 282 g/mol. The van der Waals surface area contributed by atoms with Crippen LogP contribution in [0.4, 0.5) is 0 Å². The van der Waals surface area contributed by atoms with Crippen molar-refractivity contribution in [1.82, 2.24) is 4.31 Å². The van der Waals surface area contributed by atoms with E-state index in [4.69, 9.17) is 9.52 Å². The van der Waals surface area contributed by atoms with Gasteiger partial charge >= 0.3 is 5.97 Å². The second kappa shape index (κ2) is 4.89. The maximum absolute atomic E-state index is 12.4. The average Bonchev–Trinajstić information content (AvgIpc) is 2.98. The average molecular weight is 301 g/mol. The summed E-state index contributed by atoms with van der Waals surface area (Å²) in [6.07, 6.45) is 0.801. The van der Waals surface area contributed by atoms with Crippen LogP contribution in [0.2, 0.25) is 0 Å². The fourth-order valence-electron chi connectivity index (χ4n) is 2.35. The molecule has 112 valence electrons. The summed E-state index contributed by atoms with van der Waals surface area (Å²) in [7, 11) is -3.74. The highest BCUT2D eigenvalue weighted by molar-refractivity contribution is 7.89. The Hall–Kier alpha value is -1.34. The van der Waals surface area contributed by atoms with E-state index in [1.807, 2.05) is 0 Å². The molecule has 1 aliphatic rings. The van der Waals surface area contributed by atoms with Crippen LogP contribution in [0.1, 0.15) is 37.7 Å². The van der Waals surface area contributed by atoms with E-state index in [2.05, 4.69) is 20.8 Å². The molecule has 2 heterocycles. The summed E-state index contributed by atoms with van der Waals surface area (Å²) in [5.41, 5.74) is 0.0413. The monoisotopic (exact) mass is 301 g/mol. The lowest BCUT2D eigenvalue weighted by Crippen LogP contribution is -2.31. The van der Waals surface area contributed by atoms with Gasteiger partial charge in [0.05, 0.1) is 0 Å². The molecule has 6 nitrogen and oxygen atoms in total. The maximum atomic E-state index is 12.4. The van der Waals surface area contributed by atoms with E-state index in [1.54, 1.807) is 0 Å². The Morgan fingerprint density at radius 2 is 2.05 bits per heavy atom. The molecule has 1 fully saturated rings. The zero-order valence-corrected chi connectivity index (χ0v) is 12.6. The molecule has 1 saturated heterocycles. The van der Waals surface area contributed by atoms with Gasteiger partial charge in [0.15, 0.2) is 0 Å². The van der Waals surface area contributed by atoms with Crippen LogP contribution in [0, 0.1) is 11.3 Å². The van der Waals surface area contributed by atoms with Gasteiger partial charge in [-0.25, -0.2) is 13.2 Å². The third-order valence-electron chi connectivity index (χ3n) is 3.76. The highest BCUT2D eigenvalue weighted by Crippen LogP contribution is 2.36. The molecule has 0 radical (unpaired) electrons. The van der Waals surface area contributed by atoms with E-state index in [0.717, 1.165) is 12.5 Å². The first-order valence-corrected chi connectivity index (χ1v) is 7.89. The molecule has 0 saturated carbocycles. The van der Waals surface area contributed by atoms with Crippen LogP contribution in [0.3, 0.4) is 0 Å². The Morgan fingerprint density at radius 3 is 2.50 bits per heavy atom. The zero-order valence-electron chi connectivity index (χ0n) is 11.8. The van der Waals surface area contributed by atoms with Crippen molar-refractivity contribution in [3.8, 4) is 0 Å². The minimum Gasteiger partial charge on any atom is -0.475 e. The molecule has 0 amide bonds. The van der Waals surface area contributed by atoms with Crippen molar-refractivity contribution in [3.05, 3.63) is 17.9 Å². The van der Waals surface area contributed by atoms with Crippen LogP contribution in [0.25, 0.3) is 0 Å². The molecule has 0 aliphatic carbocycles. The molecule has 1 aromatic heterocycles. The van der Waals surface area contributed by atoms with Crippen LogP contribution in [-0.4, -0.2) is 36.9 Å². The summed E-state index contributed by atoms with van der Waals surface area (Å²) < 4.78 is 31.0. The third kappa shape index (κ3) is 2.73. The summed E-state index contributed by atoms with van der Waals surface area (Å²) in [6, 6.07) is 2.36. The number of hydrogen-bond donors (Lipinski definition) is 1. The minimum absolute atomic E-state index is 0.0413. The van der Waals surface area contributed by atoms with Gasteiger partial charge in [-0.2, -0.15) is 4.31 Å². The van der Waals surface area contributed by atoms with Gasteiger partial charge in [0.25, 0.3) is 10.0 Å².